The SMILES string of the molecule is CN1CC(O)CC2(CCN(C(=O)Cc3ccc(S(C)(=O)=O)cc3)CC2)C1. The Morgan fingerprint density at radius 2 is 1.85 bits per heavy atom. The van der Waals surface area contributed by atoms with E-state index in [9.17, 15) is 18.3 Å². The van der Waals surface area contributed by atoms with E-state index in [1.54, 1.807) is 24.3 Å². The summed E-state index contributed by atoms with van der Waals surface area (Å²) in [5.74, 6) is 0.0802. The van der Waals surface area contributed by atoms with Crippen molar-refractivity contribution < 1.29 is 18.3 Å². The first-order valence-electron chi connectivity index (χ1n) is 9.10. The maximum absolute atomic E-state index is 12.6. The van der Waals surface area contributed by atoms with Crippen LogP contribution in [-0.4, -0.2) is 74.8 Å². The number of carbonyl (C=O) groups is 1. The Hall–Kier alpha value is -1.44. The second-order valence-electron chi connectivity index (χ2n) is 8.03. The number of hydrogen-bond acceptors (Lipinski definition) is 5. The molecule has 1 N–H and O–H groups in total. The van der Waals surface area contributed by atoms with Crippen LogP contribution in [0.1, 0.15) is 24.8 Å². The highest BCUT2D eigenvalue weighted by Gasteiger charge is 2.41. The van der Waals surface area contributed by atoms with Crippen molar-refractivity contribution in [2.75, 3.05) is 39.5 Å². The smallest absolute Gasteiger partial charge is 0.226 e. The molecule has 2 fully saturated rings. The van der Waals surface area contributed by atoms with Crippen molar-refractivity contribution in [3.8, 4) is 0 Å². The normalized spacial score (nSPS) is 24.0. The zero-order valence-corrected chi connectivity index (χ0v) is 16.3. The monoisotopic (exact) mass is 380 g/mol. The van der Waals surface area contributed by atoms with Gasteiger partial charge in [0.2, 0.25) is 5.91 Å². The molecule has 2 aliphatic rings. The molecule has 1 atom stereocenters. The summed E-state index contributed by atoms with van der Waals surface area (Å²) in [6, 6.07) is 6.54. The first-order chi connectivity index (χ1) is 12.2. The van der Waals surface area contributed by atoms with Gasteiger partial charge >= 0.3 is 0 Å². The fourth-order valence-electron chi connectivity index (χ4n) is 4.36. The van der Waals surface area contributed by atoms with E-state index in [1.807, 2.05) is 11.9 Å². The number of carbonyl (C=O) groups excluding carboxylic acids is 1. The van der Waals surface area contributed by atoms with Crippen LogP contribution in [0.2, 0.25) is 0 Å². The van der Waals surface area contributed by atoms with Crippen LogP contribution in [-0.2, 0) is 21.1 Å². The van der Waals surface area contributed by atoms with Gasteiger partial charge in [-0.15, -0.1) is 0 Å². The van der Waals surface area contributed by atoms with E-state index in [4.69, 9.17) is 0 Å². The molecule has 144 valence electrons. The first-order valence-corrected chi connectivity index (χ1v) is 11.0. The first kappa shape index (κ1) is 19.3. The molecule has 2 saturated heterocycles. The van der Waals surface area contributed by atoms with Crippen molar-refractivity contribution >= 4 is 15.7 Å². The number of benzene rings is 1. The third-order valence-corrected chi connectivity index (χ3v) is 6.81. The van der Waals surface area contributed by atoms with Crippen LogP contribution in [0.5, 0.6) is 0 Å². The molecule has 1 spiro atoms. The summed E-state index contributed by atoms with van der Waals surface area (Å²) in [7, 11) is -1.17. The van der Waals surface area contributed by atoms with E-state index >= 15 is 0 Å². The lowest BCUT2D eigenvalue weighted by molar-refractivity contribution is -0.134. The largest absolute Gasteiger partial charge is 0.392 e. The summed E-state index contributed by atoms with van der Waals surface area (Å²) in [5, 5.41) is 10.1. The summed E-state index contributed by atoms with van der Waals surface area (Å²) in [4.78, 5) is 17.0. The third-order valence-electron chi connectivity index (χ3n) is 5.68. The van der Waals surface area contributed by atoms with Crippen LogP contribution in [0.4, 0.5) is 0 Å². The summed E-state index contributed by atoms with van der Waals surface area (Å²) < 4.78 is 23.0. The predicted octanol–water partition coefficient (Wildman–Crippen LogP) is 0.938. The molecular formula is C19H28N2O4S. The Morgan fingerprint density at radius 1 is 1.23 bits per heavy atom. The van der Waals surface area contributed by atoms with Gasteiger partial charge in [-0.3, -0.25) is 4.79 Å². The molecular weight excluding hydrogens is 352 g/mol. The topological polar surface area (TPSA) is 77.9 Å². The summed E-state index contributed by atoms with van der Waals surface area (Å²) in [6.45, 7) is 3.16. The Labute approximate surface area is 155 Å². The van der Waals surface area contributed by atoms with Gasteiger partial charge in [-0.05, 0) is 49.4 Å². The second kappa shape index (κ2) is 7.29. The minimum absolute atomic E-state index is 0.0802. The molecule has 7 heteroatoms. The molecule has 0 bridgehead atoms. The number of amides is 1. The third kappa shape index (κ3) is 4.45. The molecule has 6 nitrogen and oxygen atoms in total. The number of rotatable bonds is 3. The summed E-state index contributed by atoms with van der Waals surface area (Å²) >= 11 is 0. The van der Waals surface area contributed by atoms with Crippen molar-refractivity contribution in [2.45, 2.75) is 36.7 Å². The quantitative estimate of drug-likeness (QED) is 0.844. The van der Waals surface area contributed by atoms with Crippen LogP contribution in [0.25, 0.3) is 0 Å². The highest BCUT2D eigenvalue weighted by molar-refractivity contribution is 7.90. The zero-order chi connectivity index (χ0) is 18.9. The van der Waals surface area contributed by atoms with Crippen molar-refractivity contribution in [1.29, 1.82) is 0 Å². The molecule has 1 aromatic rings. The van der Waals surface area contributed by atoms with E-state index in [1.165, 1.54) is 6.26 Å². The van der Waals surface area contributed by atoms with E-state index in [-0.39, 0.29) is 22.3 Å². The van der Waals surface area contributed by atoms with Gasteiger partial charge in [-0.2, -0.15) is 0 Å². The number of aliphatic hydroxyl groups excluding tert-OH is 1. The number of aliphatic hydroxyl groups is 1. The Kier molecular flexibility index (Phi) is 5.42. The number of likely N-dealkylation sites (N-methyl/N-ethyl adjacent to an activating group) is 1. The molecule has 1 unspecified atom stereocenters. The molecule has 0 saturated carbocycles. The highest BCUT2D eigenvalue weighted by atomic mass is 32.2. The molecule has 3 rings (SSSR count). The lowest BCUT2D eigenvalue weighted by atomic mass is 9.71. The van der Waals surface area contributed by atoms with Gasteiger partial charge in [0.05, 0.1) is 17.4 Å². The molecule has 26 heavy (non-hydrogen) atoms. The number of hydrogen-bond donors (Lipinski definition) is 1. The number of β-amino-alcohol motifs (C(OH)–C–C–N with tert-alkyl or cyclic N) is 1. The molecule has 1 aromatic carbocycles. The second-order valence-corrected chi connectivity index (χ2v) is 10.0. The van der Waals surface area contributed by atoms with Crippen LogP contribution >= 0.6 is 0 Å². The molecule has 0 aliphatic carbocycles. The van der Waals surface area contributed by atoms with E-state index in [0.717, 1.165) is 51.0 Å². The number of piperidine rings is 2. The number of likely N-dealkylation sites (tertiary alicyclic amines) is 2. The van der Waals surface area contributed by atoms with Gasteiger partial charge < -0.3 is 14.9 Å². The molecule has 2 aliphatic heterocycles. The highest BCUT2D eigenvalue weighted by Crippen LogP contribution is 2.39. The molecule has 0 radical (unpaired) electrons. The molecule has 1 amide bonds. The predicted molar refractivity (Wildman–Crippen MR) is 99.6 cm³/mol. The van der Waals surface area contributed by atoms with Crippen molar-refractivity contribution in [2.24, 2.45) is 5.41 Å². The van der Waals surface area contributed by atoms with Gasteiger partial charge in [-0.1, -0.05) is 12.1 Å². The van der Waals surface area contributed by atoms with Crippen molar-refractivity contribution in [3.05, 3.63) is 29.8 Å². The van der Waals surface area contributed by atoms with Gasteiger partial charge in [-0.25, -0.2) is 8.42 Å². The summed E-state index contributed by atoms with van der Waals surface area (Å²) in [5.41, 5.74) is 0.955. The van der Waals surface area contributed by atoms with E-state index in [0.29, 0.717) is 6.42 Å². The average Bonchev–Trinajstić information content (AvgIpc) is 2.54. The van der Waals surface area contributed by atoms with Crippen LogP contribution < -0.4 is 0 Å². The summed E-state index contributed by atoms with van der Waals surface area (Å²) in [6.07, 6.45) is 3.87. The van der Waals surface area contributed by atoms with E-state index in [2.05, 4.69) is 4.90 Å². The fraction of sp³-hybridized carbons (Fsp3) is 0.632. The van der Waals surface area contributed by atoms with Crippen LogP contribution in [0, 0.1) is 5.41 Å². The molecule has 0 aromatic heterocycles. The van der Waals surface area contributed by atoms with Crippen LogP contribution in [0.3, 0.4) is 0 Å². The Balaban J connectivity index is 1.57. The Morgan fingerprint density at radius 3 is 2.38 bits per heavy atom. The van der Waals surface area contributed by atoms with Gasteiger partial charge in [0.1, 0.15) is 0 Å². The van der Waals surface area contributed by atoms with Crippen LogP contribution in [0.15, 0.2) is 29.2 Å². The maximum atomic E-state index is 12.6. The molecule has 2 heterocycles. The lowest BCUT2D eigenvalue weighted by Gasteiger charge is -2.48. The minimum Gasteiger partial charge on any atom is -0.392 e. The Bertz CT molecular complexity index is 740. The lowest BCUT2D eigenvalue weighted by Crippen LogP contribution is -2.53. The van der Waals surface area contributed by atoms with Crippen molar-refractivity contribution in [1.82, 2.24) is 9.80 Å². The minimum atomic E-state index is -3.21. The fourth-order valence-corrected chi connectivity index (χ4v) is 4.99. The number of sulfone groups is 1. The van der Waals surface area contributed by atoms with Gasteiger partial charge in [0.25, 0.3) is 0 Å². The zero-order valence-electron chi connectivity index (χ0n) is 15.5. The van der Waals surface area contributed by atoms with E-state index < -0.39 is 9.84 Å². The maximum Gasteiger partial charge on any atom is 0.226 e. The van der Waals surface area contributed by atoms with Crippen molar-refractivity contribution in [3.63, 3.8) is 0 Å². The van der Waals surface area contributed by atoms with Gasteiger partial charge in [0, 0.05) is 32.4 Å². The van der Waals surface area contributed by atoms with Gasteiger partial charge in [0.15, 0.2) is 9.84 Å². The average molecular weight is 381 g/mol. The number of nitrogens with zero attached hydrogens (tertiary/aromatic N) is 2. The standard InChI is InChI=1S/C19H28N2O4S/c1-20-13-16(22)12-19(14-20)7-9-21(10-8-19)18(23)11-15-3-5-17(6-4-15)26(2,24)25/h3-6,16,22H,7-14H2,1-2H3.